The molecule has 1 aliphatic heterocycles. The van der Waals surface area contributed by atoms with Gasteiger partial charge in [0.15, 0.2) is 0 Å². The van der Waals surface area contributed by atoms with E-state index in [9.17, 15) is 0 Å². The van der Waals surface area contributed by atoms with Crippen molar-refractivity contribution in [2.45, 2.75) is 32.4 Å². The zero-order chi connectivity index (χ0) is 13.3. The van der Waals surface area contributed by atoms with E-state index in [1.165, 1.54) is 0 Å². The third-order valence-electron chi connectivity index (χ3n) is 3.32. The number of hydrogen-bond donors (Lipinski definition) is 1. The van der Waals surface area contributed by atoms with Gasteiger partial charge < -0.3 is 5.32 Å². The Morgan fingerprint density at radius 2 is 1.83 bits per heavy atom. The fourth-order valence-electron chi connectivity index (χ4n) is 2.23. The molecule has 18 heavy (non-hydrogen) atoms. The highest BCUT2D eigenvalue weighted by molar-refractivity contribution is 6.44. The lowest BCUT2D eigenvalue weighted by Crippen LogP contribution is -2.31. The van der Waals surface area contributed by atoms with Crippen molar-refractivity contribution in [3.8, 4) is 0 Å². The lowest BCUT2D eigenvalue weighted by atomic mass is 10.2. The lowest BCUT2D eigenvalue weighted by Gasteiger charge is -2.21. The van der Waals surface area contributed by atoms with Crippen LogP contribution in [-0.4, -0.2) is 30.1 Å². The number of halogens is 3. The van der Waals surface area contributed by atoms with Gasteiger partial charge in [0.25, 0.3) is 0 Å². The minimum Gasteiger partial charge on any atom is -0.380 e. The third-order valence-corrected chi connectivity index (χ3v) is 4.35. The summed E-state index contributed by atoms with van der Waals surface area (Å²) in [4.78, 5) is 2.45. The van der Waals surface area contributed by atoms with E-state index < -0.39 is 0 Å². The molecule has 0 spiro atoms. The normalized spacial score (nSPS) is 20.7. The Hall–Kier alpha value is -0.150. The first-order valence-corrected chi connectivity index (χ1v) is 7.26. The summed E-state index contributed by atoms with van der Waals surface area (Å²) in [5.41, 5.74) is 0.863. The van der Waals surface area contributed by atoms with Crippen LogP contribution in [0.1, 0.15) is 20.3 Å². The maximum atomic E-state index is 6.16. The van der Waals surface area contributed by atoms with Gasteiger partial charge in [0.2, 0.25) is 0 Å². The van der Waals surface area contributed by atoms with Gasteiger partial charge in [0, 0.05) is 25.2 Å². The molecule has 0 aliphatic carbocycles. The van der Waals surface area contributed by atoms with E-state index in [0.717, 1.165) is 25.2 Å². The van der Waals surface area contributed by atoms with Gasteiger partial charge in [-0.3, -0.25) is 4.90 Å². The van der Waals surface area contributed by atoms with Gasteiger partial charge >= 0.3 is 0 Å². The molecule has 5 heteroatoms. The second-order valence-electron chi connectivity index (χ2n) is 4.96. The molecular weight excluding hydrogens is 291 g/mol. The molecule has 2 rings (SSSR count). The molecule has 1 saturated heterocycles. The Kier molecular flexibility index (Phi) is 4.65. The molecule has 0 radical (unpaired) electrons. The van der Waals surface area contributed by atoms with Crippen LogP contribution in [-0.2, 0) is 0 Å². The van der Waals surface area contributed by atoms with Crippen LogP contribution in [0.3, 0.4) is 0 Å². The van der Waals surface area contributed by atoms with Crippen molar-refractivity contribution in [1.82, 2.24) is 4.90 Å². The Labute approximate surface area is 123 Å². The van der Waals surface area contributed by atoms with Crippen LogP contribution in [0.15, 0.2) is 12.1 Å². The fourth-order valence-corrected chi connectivity index (χ4v) is 2.83. The molecule has 1 N–H and O–H groups in total. The first-order valence-electron chi connectivity index (χ1n) is 6.12. The first kappa shape index (κ1) is 14.3. The van der Waals surface area contributed by atoms with Crippen molar-refractivity contribution in [2.24, 2.45) is 0 Å². The van der Waals surface area contributed by atoms with Crippen LogP contribution < -0.4 is 5.32 Å². The van der Waals surface area contributed by atoms with Crippen molar-refractivity contribution < 1.29 is 0 Å². The molecule has 1 aromatic rings. The molecule has 1 fully saturated rings. The van der Waals surface area contributed by atoms with Gasteiger partial charge in [-0.15, -0.1) is 0 Å². The number of rotatable bonds is 3. The quantitative estimate of drug-likeness (QED) is 0.825. The van der Waals surface area contributed by atoms with E-state index in [1.807, 2.05) is 0 Å². The van der Waals surface area contributed by atoms with Crippen LogP contribution in [0.4, 0.5) is 5.69 Å². The predicted molar refractivity (Wildman–Crippen MR) is 80.2 cm³/mol. The molecule has 0 saturated carbocycles. The van der Waals surface area contributed by atoms with Crippen molar-refractivity contribution >= 4 is 40.5 Å². The summed E-state index contributed by atoms with van der Waals surface area (Å²) in [5, 5.41) is 5.08. The van der Waals surface area contributed by atoms with Crippen LogP contribution in [0, 0.1) is 0 Å². The molecule has 2 nitrogen and oxygen atoms in total. The number of nitrogens with zero attached hydrogens (tertiary/aromatic N) is 1. The number of nitrogens with one attached hydrogen (secondary N) is 1. The molecule has 0 bridgehead atoms. The molecule has 100 valence electrons. The van der Waals surface area contributed by atoms with E-state index in [4.69, 9.17) is 34.8 Å². The molecule has 0 amide bonds. The third kappa shape index (κ3) is 3.24. The summed E-state index contributed by atoms with van der Waals surface area (Å²) in [6.07, 6.45) is 1.12. The SMILES string of the molecule is CC(C)N1CCC(Nc2cc(Cl)c(Cl)cc2Cl)C1. The number of hydrogen-bond acceptors (Lipinski definition) is 2. The highest BCUT2D eigenvalue weighted by atomic mass is 35.5. The van der Waals surface area contributed by atoms with Gasteiger partial charge in [-0.25, -0.2) is 0 Å². The first-order chi connectivity index (χ1) is 8.47. The van der Waals surface area contributed by atoms with E-state index in [1.54, 1.807) is 12.1 Å². The molecule has 1 aliphatic rings. The van der Waals surface area contributed by atoms with Gasteiger partial charge in [0.1, 0.15) is 0 Å². The molecule has 0 aromatic heterocycles. The van der Waals surface area contributed by atoms with Gasteiger partial charge in [-0.05, 0) is 32.4 Å². The Bertz CT molecular complexity index is 434. The summed E-state index contributed by atoms with van der Waals surface area (Å²) in [7, 11) is 0. The smallest absolute Gasteiger partial charge is 0.0653 e. The monoisotopic (exact) mass is 306 g/mol. The van der Waals surface area contributed by atoms with Crippen molar-refractivity contribution in [3.05, 3.63) is 27.2 Å². The van der Waals surface area contributed by atoms with Crippen LogP contribution >= 0.6 is 34.8 Å². The van der Waals surface area contributed by atoms with E-state index in [0.29, 0.717) is 27.2 Å². The van der Waals surface area contributed by atoms with Crippen molar-refractivity contribution in [3.63, 3.8) is 0 Å². The summed E-state index contributed by atoms with van der Waals surface area (Å²) in [6, 6.07) is 4.48. The summed E-state index contributed by atoms with van der Waals surface area (Å²) in [5.74, 6) is 0. The maximum Gasteiger partial charge on any atom is 0.0653 e. The zero-order valence-electron chi connectivity index (χ0n) is 10.5. The number of likely N-dealkylation sites (tertiary alicyclic amines) is 1. The molecule has 1 atom stereocenters. The fraction of sp³-hybridized carbons (Fsp3) is 0.538. The maximum absolute atomic E-state index is 6.16. The Morgan fingerprint density at radius 3 is 2.44 bits per heavy atom. The van der Waals surface area contributed by atoms with Crippen molar-refractivity contribution in [2.75, 3.05) is 18.4 Å². The highest BCUT2D eigenvalue weighted by Gasteiger charge is 2.24. The van der Waals surface area contributed by atoms with E-state index in [2.05, 4.69) is 24.1 Å². The summed E-state index contributed by atoms with van der Waals surface area (Å²) >= 11 is 18.1. The summed E-state index contributed by atoms with van der Waals surface area (Å²) < 4.78 is 0. The standard InChI is InChI=1S/C13H17Cl3N2/c1-8(2)18-4-3-9(7-18)17-13-6-11(15)10(14)5-12(13)16/h5-6,8-9,17H,3-4,7H2,1-2H3. The molecule has 1 unspecified atom stereocenters. The average molecular weight is 308 g/mol. The summed E-state index contributed by atoms with van der Waals surface area (Å²) in [6.45, 7) is 6.59. The van der Waals surface area contributed by atoms with Crippen LogP contribution in [0.5, 0.6) is 0 Å². The second-order valence-corrected chi connectivity index (χ2v) is 6.19. The highest BCUT2D eigenvalue weighted by Crippen LogP contribution is 2.33. The molecule has 1 heterocycles. The number of anilines is 1. The van der Waals surface area contributed by atoms with Gasteiger partial charge in [0.05, 0.1) is 20.8 Å². The Morgan fingerprint density at radius 1 is 1.17 bits per heavy atom. The Balaban J connectivity index is 2.05. The van der Waals surface area contributed by atoms with Crippen LogP contribution in [0.25, 0.3) is 0 Å². The molecular formula is C13H17Cl3N2. The zero-order valence-corrected chi connectivity index (χ0v) is 12.8. The molecule has 1 aromatic carbocycles. The van der Waals surface area contributed by atoms with E-state index >= 15 is 0 Å². The largest absolute Gasteiger partial charge is 0.380 e. The van der Waals surface area contributed by atoms with Gasteiger partial charge in [-0.2, -0.15) is 0 Å². The predicted octanol–water partition coefficient (Wildman–Crippen LogP) is 4.54. The second kappa shape index (κ2) is 5.87. The number of benzene rings is 1. The topological polar surface area (TPSA) is 15.3 Å². The van der Waals surface area contributed by atoms with Crippen LogP contribution in [0.2, 0.25) is 15.1 Å². The average Bonchev–Trinajstić information content (AvgIpc) is 2.74. The lowest BCUT2D eigenvalue weighted by molar-refractivity contribution is 0.274. The minimum absolute atomic E-state index is 0.419. The van der Waals surface area contributed by atoms with Gasteiger partial charge in [-0.1, -0.05) is 34.8 Å². The van der Waals surface area contributed by atoms with E-state index in [-0.39, 0.29) is 0 Å². The van der Waals surface area contributed by atoms with Crippen molar-refractivity contribution in [1.29, 1.82) is 0 Å². The minimum atomic E-state index is 0.419.